The zero-order chi connectivity index (χ0) is 18.9. The van der Waals surface area contributed by atoms with E-state index in [-0.39, 0.29) is 10.8 Å². The van der Waals surface area contributed by atoms with Crippen LogP contribution in [0, 0.1) is 0 Å². The lowest BCUT2D eigenvalue weighted by atomic mass is 10.0. The van der Waals surface area contributed by atoms with E-state index in [1.807, 2.05) is 0 Å². The number of carbonyl (C=O) groups is 1. The van der Waals surface area contributed by atoms with Crippen molar-refractivity contribution in [1.82, 2.24) is 9.21 Å². The average molecular weight is 380 g/mol. The van der Waals surface area contributed by atoms with Gasteiger partial charge in [0, 0.05) is 43.8 Å². The maximum atomic E-state index is 13.1. The SMILES string of the molecule is CC(=O)Nc1ccc(S(=O)(=O)N2CCCC(N3C(C)CCC3C)C2)cc1. The fraction of sp³-hybridized carbons (Fsp3) is 0.632. The van der Waals surface area contributed by atoms with E-state index >= 15 is 0 Å². The molecule has 3 unspecified atom stereocenters. The minimum absolute atomic E-state index is 0.173. The molecular weight excluding hydrogens is 350 g/mol. The van der Waals surface area contributed by atoms with Gasteiger partial charge in [-0.2, -0.15) is 4.31 Å². The Kier molecular flexibility index (Phi) is 5.69. The summed E-state index contributed by atoms with van der Waals surface area (Å²) in [5, 5.41) is 2.66. The number of amides is 1. The molecule has 2 saturated heterocycles. The molecule has 2 aliphatic rings. The Morgan fingerprint density at radius 2 is 1.69 bits per heavy atom. The third kappa shape index (κ3) is 3.94. The maximum absolute atomic E-state index is 13.1. The molecule has 3 atom stereocenters. The van der Waals surface area contributed by atoms with Crippen molar-refractivity contribution in [2.75, 3.05) is 18.4 Å². The Balaban J connectivity index is 1.75. The van der Waals surface area contributed by atoms with Gasteiger partial charge >= 0.3 is 0 Å². The Morgan fingerprint density at radius 3 is 2.27 bits per heavy atom. The highest BCUT2D eigenvalue weighted by molar-refractivity contribution is 7.89. The molecule has 6 nitrogen and oxygen atoms in total. The van der Waals surface area contributed by atoms with Crippen molar-refractivity contribution >= 4 is 21.6 Å². The highest BCUT2D eigenvalue weighted by Crippen LogP contribution is 2.31. The first kappa shape index (κ1) is 19.3. The second kappa shape index (κ2) is 7.66. The molecule has 0 spiro atoms. The van der Waals surface area contributed by atoms with Crippen LogP contribution in [0.25, 0.3) is 0 Å². The first-order valence-corrected chi connectivity index (χ1v) is 10.9. The third-order valence-electron chi connectivity index (χ3n) is 5.61. The summed E-state index contributed by atoms with van der Waals surface area (Å²) in [7, 11) is -3.51. The van der Waals surface area contributed by atoms with Crippen molar-refractivity contribution in [3.63, 3.8) is 0 Å². The normalized spacial score (nSPS) is 28.2. The quantitative estimate of drug-likeness (QED) is 0.873. The van der Waals surface area contributed by atoms with E-state index in [0.29, 0.717) is 36.9 Å². The van der Waals surface area contributed by atoms with Crippen LogP contribution >= 0.6 is 0 Å². The van der Waals surface area contributed by atoms with Crippen LogP contribution in [0.15, 0.2) is 29.2 Å². The van der Waals surface area contributed by atoms with Crippen LogP contribution in [-0.2, 0) is 14.8 Å². The van der Waals surface area contributed by atoms with E-state index in [2.05, 4.69) is 24.1 Å². The minimum Gasteiger partial charge on any atom is -0.326 e. The third-order valence-corrected chi connectivity index (χ3v) is 7.49. The summed E-state index contributed by atoms with van der Waals surface area (Å²) in [5.41, 5.74) is 0.604. The largest absolute Gasteiger partial charge is 0.326 e. The minimum atomic E-state index is -3.51. The molecule has 144 valence electrons. The molecule has 3 rings (SSSR count). The van der Waals surface area contributed by atoms with E-state index in [4.69, 9.17) is 0 Å². The molecule has 0 aliphatic carbocycles. The number of piperidine rings is 1. The highest BCUT2D eigenvalue weighted by atomic mass is 32.2. The van der Waals surface area contributed by atoms with Gasteiger partial charge in [-0.05, 0) is 63.8 Å². The van der Waals surface area contributed by atoms with Crippen molar-refractivity contribution in [3.05, 3.63) is 24.3 Å². The van der Waals surface area contributed by atoms with Crippen molar-refractivity contribution in [2.45, 2.75) is 69.5 Å². The van der Waals surface area contributed by atoms with Gasteiger partial charge < -0.3 is 5.32 Å². The summed E-state index contributed by atoms with van der Waals surface area (Å²) in [5.74, 6) is -0.173. The molecule has 0 bridgehead atoms. The molecule has 2 heterocycles. The van der Waals surface area contributed by atoms with Crippen molar-refractivity contribution in [3.8, 4) is 0 Å². The van der Waals surface area contributed by atoms with Crippen LogP contribution in [0.4, 0.5) is 5.69 Å². The fourth-order valence-corrected chi connectivity index (χ4v) is 5.90. The van der Waals surface area contributed by atoms with Crippen molar-refractivity contribution in [1.29, 1.82) is 0 Å². The summed E-state index contributed by atoms with van der Waals surface area (Å²) in [6, 6.07) is 7.77. The molecule has 0 aromatic heterocycles. The number of nitrogens with zero attached hydrogens (tertiary/aromatic N) is 2. The lowest BCUT2D eigenvalue weighted by Crippen LogP contribution is -2.52. The van der Waals surface area contributed by atoms with E-state index < -0.39 is 10.0 Å². The van der Waals surface area contributed by atoms with Crippen LogP contribution in [-0.4, -0.2) is 54.7 Å². The zero-order valence-electron chi connectivity index (χ0n) is 15.8. The molecule has 26 heavy (non-hydrogen) atoms. The topological polar surface area (TPSA) is 69.7 Å². The summed E-state index contributed by atoms with van der Waals surface area (Å²) in [6.07, 6.45) is 4.33. The lowest BCUT2D eigenvalue weighted by Gasteiger charge is -2.41. The summed E-state index contributed by atoms with van der Waals surface area (Å²) in [4.78, 5) is 13.9. The molecule has 0 saturated carbocycles. The first-order chi connectivity index (χ1) is 12.3. The standard InChI is InChI=1S/C19H29N3O3S/c1-14-6-7-15(2)22(14)18-5-4-12-21(13-18)26(24,25)19-10-8-17(9-11-19)20-16(3)23/h8-11,14-15,18H,4-7,12-13H2,1-3H3,(H,20,23). The van der Waals surface area contributed by atoms with Gasteiger partial charge in [-0.1, -0.05) is 0 Å². The van der Waals surface area contributed by atoms with E-state index in [0.717, 1.165) is 12.8 Å². The highest BCUT2D eigenvalue weighted by Gasteiger charge is 2.38. The molecule has 1 N–H and O–H groups in total. The lowest BCUT2D eigenvalue weighted by molar-refractivity contribution is -0.114. The van der Waals surface area contributed by atoms with Gasteiger partial charge in [0.1, 0.15) is 0 Å². The fourth-order valence-electron chi connectivity index (χ4n) is 4.38. The number of rotatable bonds is 4. The number of carbonyl (C=O) groups excluding carboxylic acids is 1. The molecule has 2 aliphatic heterocycles. The second-order valence-electron chi connectivity index (χ2n) is 7.59. The molecular formula is C19H29N3O3S. The summed E-state index contributed by atoms with van der Waals surface area (Å²) in [6.45, 7) is 7.06. The predicted molar refractivity (Wildman–Crippen MR) is 103 cm³/mol. The zero-order valence-corrected chi connectivity index (χ0v) is 16.6. The number of benzene rings is 1. The Labute approximate surface area is 156 Å². The van der Waals surface area contributed by atoms with Crippen LogP contribution in [0.1, 0.15) is 46.5 Å². The summed E-state index contributed by atoms with van der Waals surface area (Å²) >= 11 is 0. The molecule has 1 aromatic carbocycles. The summed E-state index contributed by atoms with van der Waals surface area (Å²) < 4.78 is 27.8. The van der Waals surface area contributed by atoms with Gasteiger partial charge in [-0.25, -0.2) is 8.42 Å². The van der Waals surface area contributed by atoms with Gasteiger partial charge in [0.25, 0.3) is 0 Å². The van der Waals surface area contributed by atoms with Crippen LogP contribution in [0.2, 0.25) is 0 Å². The Morgan fingerprint density at radius 1 is 1.08 bits per heavy atom. The Hall–Kier alpha value is -1.44. The monoisotopic (exact) mass is 379 g/mol. The number of hydrogen-bond acceptors (Lipinski definition) is 4. The maximum Gasteiger partial charge on any atom is 0.243 e. The van der Waals surface area contributed by atoms with E-state index in [1.54, 1.807) is 28.6 Å². The molecule has 7 heteroatoms. The van der Waals surface area contributed by atoms with Crippen molar-refractivity contribution in [2.24, 2.45) is 0 Å². The molecule has 2 fully saturated rings. The van der Waals surface area contributed by atoms with E-state index in [1.165, 1.54) is 19.8 Å². The average Bonchev–Trinajstić information content (AvgIpc) is 2.93. The molecule has 1 amide bonds. The van der Waals surface area contributed by atoms with Gasteiger partial charge in [-0.15, -0.1) is 0 Å². The number of likely N-dealkylation sites (tertiary alicyclic amines) is 1. The van der Waals surface area contributed by atoms with Gasteiger partial charge in [0.05, 0.1) is 4.90 Å². The van der Waals surface area contributed by atoms with Gasteiger partial charge in [0.15, 0.2) is 0 Å². The van der Waals surface area contributed by atoms with Gasteiger partial charge in [0.2, 0.25) is 15.9 Å². The number of sulfonamides is 1. The number of hydrogen-bond donors (Lipinski definition) is 1. The second-order valence-corrected chi connectivity index (χ2v) is 9.53. The smallest absolute Gasteiger partial charge is 0.243 e. The van der Waals surface area contributed by atoms with Crippen LogP contribution in [0.3, 0.4) is 0 Å². The van der Waals surface area contributed by atoms with E-state index in [9.17, 15) is 13.2 Å². The van der Waals surface area contributed by atoms with Gasteiger partial charge in [-0.3, -0.25) is 9.69 Å². The van der Waals surface area contributed by atoms with Crippen LogP contribution < -0.4 is 5.32 Å². The van der Waals surface area contributed by atoms with Crippen LogP contribution in [0.5, 0.6) is 0 Å². The first-order valence-electron chi connectivity index (χ1n) is 9.44. The number of nitrogens with one attached hydrogen (secondary N) is 1. The molecule has 1 aromatic rings. The molecule has 0 radical (unpaired) electrons. The number of anilines is 1. The van der Waals surface area contributed by atoms with Crippen molar-refractivity contribution < 1.29 is 13.2 Å². The predicted octanol–water partition coefficient (Wildman–Crippen LogP) is 2.67. The Bertz CT molecular complexity index is 738.